The van der Waals surface area contributed by atoms with E-state index in [9.17, 15) is 4.79 Å². The van der Waals surface area contributed by atoms with Gasteiger partial charge in [0.1, 0.15) is 6.33 Å². The van der Waals surface area contributed by atoms with Gasteiger partial charge in [-0.15, -0.1) is 0 Å². The number of carbonyl (C=O) groups is 1. The number of hydrogen-bond acceptors (Lipinski definition) is 6. The zero-order valence-electron chi connectivity index (χ0n) is 17.7. The summed E-state index contributed by atoms with van der Waals surface area (Å²) in [5, 5.41) is 6.70. The molecule has 0 saturated carbocycles. The molecule has 1 amide bonds. The number of amides is 1. The first kappa shape index (κ1) is 20.0. The van der Waals surface area contributed by atoms with Gasteiger partial charge >= 0.3 is 0 Å². The van der Waals surface area contributed by atoms with Gasteiger partial charge in [0.15, 0.2) is 17.0 Å². The van der Waals surface area contributed by atoms with Crippen LogP contribution < -0.4 is 10.6 Å². The van der Waals surface area contributed by atoms with E-state index in [1.807, 2.05) is 70.1 Å². The van der Waals surface area contributed by atoms with E-state index in [0.29, 0.717) is 30.2 Å². The molecule has 1 aliphatic rings. The lowest BCUT2D eigenvalue weighted by Gasteiger charge is -2.15. The van der Waals surface area contributed by atoms with E-state index in [1.54, 1.807) is 6.33 Å². The van der Waals surface area contributed by atoms with Crippen molar-refractivity contribution in [2.45, 2.75) is 19.3 Å². The number of imidazole rings is 1. The molecule has 4 aromatic rings. The van der Waals surface area contributed by atoms with Crippen LogP contribution in [-0.4, -0.2) is 50.0 Å². The molecule has 0 aliphatic carbocycles. The van der Waals surface area contributed by atoms with E-state index in [0.717, 1.165) is 43.0 Å². The lowest BCUT2D eigenvalue weighted by molar-refractivity contribution is -0.127. The number of nitrogens with one attached hydrogen (secondary N) is 2. The summed E-state index contributed by atoms with van der Waals surface area (Å²) in [6.45, 7) is 2.30. The largest absolute Gasteiger partial charge is 0.354 e. The van der Waals surface area contributed by atoms with Crippen LogP contribution in [-0.2, 0) is 4.79 Å². The van der Waals surface area contributed by atoms with E-state index in [4.69, 9.17) is 9.97 Å². The molecule has 0 unspecified atom stereocenters. The minimum atomic E-state index is 0.253. The molecule has 3 heterocycles. The Morgan fingerprint density at radius 3 is 2.50 bits per heavy atom. The fourth-order valence-corrected chi connectivity index (χ4v) is 3.91. The standard InChI is InChI=1S/C24H25N7O/c32-20-13-7-15-30(20)16-8-14-25-24-28-22(27-18-9-3-1-4-10-18)21-23(29-24)31(17-26-21)19-11-5-2-6-12-19/h1-6,9-12,17H,7-8,13-16H2,(H2,25,27,28,29). The lowest BCUT2D eigenvalue weighted by atomic mass is 10.3. The summed E-state index contributed by atoms with van der Waals surface area (Å²) in [4.78, 5) is 27.8. The number of likely N-dealkylation sites (tertiary alicyclic amines) is 1. The Morgan fingerprint density at radius 1 is 0.969 bits per heavy atom. The van der Waals surface area contributed by atoms with E-state index in [-0.39, 0.29) is 5.91 Å². The molecule has 0 radical (unpaired) electrons. The average Bonchev–Trinajstić information content (AvgIpc) is 3.44. The predicted octanol–water partition coefficient (Wildman–Crippen LogP) is 3.98. The van der Waals surface area contributed by atoms with E-state index in [2.05, 4.69) is 15.6 Å². The summed E-state index contributed by atoms with van der Waals surface area (Å²) >= 11 is 0. The molecular formula is C24H25N7O. The minimum Gasteiger partial charge on any atom is -0.354 e. The Kier molecular flexibility index (Phi) is 5.65. The van der Waals surface area contributed by atoms with Crippen molar-refractivity contribution in [2.75, 3.05) is 30.3 Å². The Bertz CT molecular complexity index is 1210. The summed E-state index contributed by atoms with van der Waals surface area (Å²) in [7, 11) is 0. The molecular weight excluding hydrogens is 402 g/mol. The van der Waals surface area contributed by atoms with E-state index in [1.165, 1.54) is 0 Å². The van der Waals surface area contributed by atoms with Gasteiger partial charge in [-0.3, -0.25) is 9.36 Å². The third kappa shape index (κ3) is 4.25. The quantitative estimate of drug-likeness (QED) is 0.414. The van der Waals surface area contributed by atoms with Gasteiger partial charge in [-0.05, 0) is 37.1 Å². The minimum absolute atomic E-state index is 0.253. The molecule has 5 rings (SSSR count). The topological polar surface area (TPSA) is 88.0 Å². The van der Waals surface area contributed by atoms with E-state index < -0.39 is 0 Å². The Balaban J connectivity index is 1.41. The zero-order chi connectivity index (χ0) is 21.8. The Labute approximate surface area is 186 Å². The fraction of sp³-hybridized carbons (Fsp3) is 0.250. The SMILES string of the molecule is O=C1CCCN1CCCNc1nc(Nc2ccccc2)c2ncn(-c3ccccc3)c2n1. The highest BCUT2D eigenvalue weighted by Gasteiger charge is 2.19. The third-order valence-electron chi connectivity index (χ3n) is 5.53. The third-order valence-corrected chi connectivity index (χ3v) is 5.53. The van der Waals surface area contributed by atoms with Gasteiger partial charge in [-0.1, -0.05) is 36.4 Å². The van der Waals surface area contributed by atoms with Crippen molar-refractivity contribution in [1.82, 2.24) is 24.4 Å². The van der Waals surface area contributed by atoms with Gasteiger partial charge in [0, 0.05) is 37.4 Å². The van der Waals surface area contributed by atoms with Crippen molar-refractivity contribution < 1.29 is 4.79 Å². The maximum Gasteiger partial charge on any atom is 0.226 e. The summed E-state index contributed by atoms with van der Waals surface area (Å²) in [5.74, 6) is 1.43. The van der Waals surface area contributed by atoms with Crippen LogP contribution >= 0.6 is 0 Å². The number of carbonyl (C=O) groups excluding carboxylic acids is 1. The number of fused-ring (bicyclic) bond motifs is 1. The zero-order valence-corrected chi connectivity index (χ0v) is 17.7. The first-order chi connectivity index (χ1) is 15.8. The first-order valence-electron chi connectivity index (χ1n) is 10.9. The summed E-state index contributed by atoms with van der Waals surface area (Å²) < 4.78 is 1.96. The van der Waals surface area contributed by atoms with Crippen LogP contribution in [0.25, 0.3) is 16.9 Å². The van der Waals surface area contributed by atoms with Gasteiger partial charge in [-0.25, -0.2) is 4.98 Å². The number of hydrogen-bond donors (Lipinski definition) is 2. The van der Waals surface area contributed by atoms with Crippen molar-refractivity contribution in [1.29, 1.82) is 0 Å². The highest BCUT2D eigenvalue weighted by molar-refractivity contribution is 5.87. The van der Waals surface area contributed by atoms with Crippen molar-refractivity contribution >= 4 is 34.5 Å². The lowest BCUT2D eigenvalue weighted by Crippen LogP contribution is -2.27. The molecule has 8 heteroatoms. The number of rotatable bonds is 8. The molecule has 0 bridgehead atoms. The molecule has 2 aromatic heterocycles. The van der Waals surface area contributed by atoms with Crippen LogP contribution in [0.15, 0.2) is 67.0 Å². The summed E-state index contributed by atoms with van der Waals surface area (Å²) in [6, 6.07) is 19.9. The van der Waals surface area contributed by atoms with Crippen LogP contribution in [0.4, 0.5) is 17.5 Å². The van der Waals surface area contributed by atoms with Crippen molar-refractivity contribution in [3.8, 4) is 5.69 Å². The second-order valence-electron chi connectivity index (χ2n) is 7.77. The normalized spacial score (nSPS) is 13.6. The monoisotopic (exact) mass is 427 g/mol. The average molecular weight is 428 g/mol. The van der Waals surface area contributed by atoms with Crippen molar-refractivity contribution in [2.24, 2.45) is 0 Å². The maximum absolute atomic E-state index is 11.8. The number of aromatic nitrogens is 4. The van der Waals surface area contributed by atoms with Crippen molar-refractivity contribution in [3.63, 3.8) is 0 Å². The van der Waals surface area contributed by atoms with Gasteiger partial charge in [0.25, 0.3) is 0 Å². The Morgan fingerprint density at radius 2 is 1.75 bits per heavy atom. The van der Waals surface area contributed by atoms with Crippen molar-refractivity contribution in [3.05, 3.63) is 67.0 Å². The first-order valence-corrected chi connectivity index (χ1v) is 10.9. The number of nitrogens with zero attached hydrogens (tertiary/aromatic N) is 5. The summed E-state index contributed by atoms with van der Waals surface area (Å²) in [6.07, 6.45) is 4.25. The molecule has 0 spiro atoms. The molecule has 0 atom stereocenters. The molecule has 8 nitrogen and oxygen atoms in total. The van der Waals surface area contributed by atoms with Gasteiger partial charge in [0.2, 0.25) is 11.9 Å². The number of para-hydroxylation sites is 2. The smallest absolute Gasteiger partial charge is 0.226 e. The molecule has 2 N–H and O–H groups in total. The highest BCUT2D eigenvalue weighted by atomic mass is 16.2. The number of benzene rings is 2. The molecule has 1 aliphatic heterocycles. The molecule has 1 fully saturated rings. The van der Waals surface area contributed by atoms with Crippen LogP contribution in [0.5, 0.6) is 0 Å². The van der Waals surface area contributed by atoms with Crippen LogP contribution in [0.3, 0.4) is 0 Å². The second kappa shape index (κ2) is 9.05. The van der Waals surface area contributed by atoms with Crippen LogP contribution in [0.2, 0.25) is 0 Å². The molecule has 1 saturated heterocycles. The van der Waals surface area contributed by atoms with Gasteiger partial charge in [-0.2, -0.15) is 9.97 Å². The van der Waals surface area contributed by atoms with Gasteiger partial charge in [0.05, 0.1) is 0 Å². The van der Waals surface area contributed by atoms with E-state index >= 15 is 0 Å². The molecule has 162 valence electrons. The van der Waals surface area contributed by atoms with Crippen LogP contribution in [0, 0.1) is 0 Å². The Hall–Kier alpha value is -3.94. The molecule has 32 heavy (non-hydrogen) atoms. The maximum atomic E-state index is 11.8. The van der Waals surface area contributed by atoms with Crippen LogP contribution in [0.1, 0.15) is 19.3 Å². The second-order valence-corrected chi connectivity index (χ2v) is 7.77. The predicted molar refractivity (Wildman–Crippen MR) is 125 cm³/mol. The fourth-order valence-electron chi connectivity index (χ4n) is 3.91. The van der Waals surface area contributed by atoms with Gasteiger partial charge < -0.3 is 15.5 Å². The number of anilines is 3. The highest BCUT2D eigenvalue weighted by Crippen LogP contribution is 2.26. The summed E-state index contributed by atoms with van der Waals surface area (Å²) in [5.41, 5.74) is 3.34. The molecule has 2 aromatic carbocycles.